The van der Waals surface area contributed by atoms with Gasteiger partial charge in [0.25, 0.3) is 0 Å². The molecule has 0 aromatic carbocycles. The highest BCUT2D eigenvalue weighted by Crippen LogP contribution is 2.63. The number of hydrogen-bond donors (Lipinski definition) is 1. The quantitative estimate of drug-likeness (QED) is 0.526. The van der Waals surface area contributed by atoms with Crippen LogP contribution in [0.4, 0.5) is 0 Å². The Balaban J connectivity index is 2.22. The SMILES string of the molecule is CC1=C[C@@H]2[C@H](C[C@@H]1N)C2(C)C. The van der Waals surface area contributed by atoms with E-state index in [1.54, 1.807) is 0 Å². The number of rotatable bonds is 0. The van der Waals surface area contributed by atoms with Gasteiger partial charge in [0.2, 0.25) is 0 Å². The standard InChI is InChI=1S/C10H17N/c1-6-4-7-8(5-9(6)11)10(7,2)3/h4,7-9H,5,11H2,1-3H3/t7-,8+,9+/m1/s1. The lowest BCUT2D eigenvalue weighted by Gasteiger charge is -2.15. The molecule has 0 spiro atoms. The maximum Gasteiger partial charge on any atom is 0.0254 e. The van der Waals surface area contributed by atoms with Crippen molar-refractivity contribution in [2.24, 2.45) is 23.0 Å². The van der Waals surface area contributed by atoms with Crippen molar-refractivity contribution >= 4 is 0 Å². The molecule has 0 heterocycles. The summed E-state index contributed by atoms with van der Waals surface area (Å²) in [5, 5.41) is 0. The van der Waals surface area contributed by atoms with E-state index < -0.39 is 0 Å². The highest BCUT2D eigenvalue weighted by atomic mass is 14.7. The predicted molar refractivity (Wildman–Crippen MR) is 47.1 cm³/mol. The van der Waals surface area contributed by atoms with E-state index in [0.717, 1.165) is 11.8 Å². The van der Waals surface area contributed by atoms with Gasteiger partial charge in [-0.2, -0.15) is 0 Å². The van der Waals surface area contributed by atoms with Crippen molar-refractivity contribution in [3.63, 3.8) is 0 Å². The van der Waals surface area contributed by atoms with Crippen LogP contribution in [0.2, 0.25) is 0 Å². The third kappa shape index (κ3) is 0.871. The van der Waals surface area contributed by atoms with Crippen LogP contribution < -0.4 is 5.73 Å². The Hall–Kier alpha value is -0.300. The molecule has 62 valence electrons. The molecule has 1 nitrogen and oxygen atoms in total. The molecule has 2 rings (SSSR count). The Bertz CT molecular complexity index is 215. The molecule has 0 unspecified atom stereocenters. The van der Waals surface area contributed by atoms with Crippen LogP contribution in [0.15, 0.2) is 11.6 Å². The lowest BCUT2D eigenvalue weighted by molar-refractivity contribution is 0.507. The molecule has 2 aliphatic rings. The van der Waals surface area contributed by atoms with Gasteiger partial charge in [0.1, 0.15) is 0 Å². The molecule has 1 saturated carbocycles. The Labute approximate surface area is 68.7 Å². The van der Waals surface area contributed by atoms with Gasteiger partial charge in [0.05, 0.1) is 0 Å². The Morgan fingerprint density at radius 3 is 2.73 bits per heavy atom. The largest absolute Gasteiger partial charge is 0.324 e. The first-order valence-corrected chi connectivity index (χ1v) is 4.47. The van der Waals surface area contributed by atoms with Gasteiger partial charge < -0.3 is 5.73 Å². The molecular weight excluding hydrogens is 134 g/mol. The first-order chi connectivity index (χ1) is 5.03. The lowest BCUT2D eigenvalue weighted by atomic mass is 9.96. The summed E-state index contributed by atoms with van der Waals surface area (Å²) in [6.45, 7) is 6.86. The third-order valence-electron chi connectivity index (χ3n) is 3.67. The minimum atomic E-state index is 0.345. The second-order valence-electron chi connectivity index (χ2n) is 4.71. The fraction of sp³-hybridized carbons (Fsp3) is 0.800. The summed E-state index contributed by atoms with van der Waals surface area (Å²) in [4.78, 5) is 0. The van der Waals surface area contributed by atoms with Crippen molar-refractivity contribution in [3.05, 3.63) is 11.6 Å². The van der Waals surface area contributed by atoms with E-state index in [2.05, 4.69) is 26.8 Å². The molecule has 2 N–H and O–H groups in total. The van der Waals surface area contributed by atoms with Gasteiger partial charge in [-0.1, -0.05) is 25.5 Å². The van der Waals surface area contributed by atoms with E-state index >= 15 is 0 Å². The van der Waals surface area contributed by atoms with Crippen molar-refractivity contribution in [1.29, 1.82) is 0 Å². The molecular formula is C10H17N. The van der Waals surface area contributed by atoms with Crippen LogP contribution in [0, 0.1) is 17.3 Å². The van der Waals surface area contributed by atoms with Gasteiger partial charge in [-0.15, -0.1) is 0 Å². The molecule has 0 saturated heterocycles. The molecule has 0 radical (unpaired) electrons. The predicted octanol–water partition coefficient (Wildman–Crippen LogP) is 1.94. The van der Waals surface area contributed by atoms with E-state index in [-0.39, 0.29) is 0 Å². The molecule has 11 heavy (non-hydrogen) atoms. The van der Waals surface area contributed by atoms with Crippen LogP contribution in [0.1, 0.15) is 27.2 Å². The van der Waals surface area contributed by atoms with Crippen molar-refractivity contribution < 1.29 is 0 Å². The number of allylic oxidation sites excluding steroid dienone is 1. The van der Waals surface area contributed by atoms with Crippen molar-refractivity contribution in [2.75, 3.05) is 0 Å². The molecule has 0 bridgehead atoms. The maximum atomic E-state index is 5.95. The van der Waals surface area contributed by atoms with Crippen molar-refractivity contribution in [2.45, 2.75) is 33.2 Å². The van der Waals surface area contributed by atoms with E-state index in [0.29, 0.717) is 11.5 Å². The Morgan fingerprint density at radius 1 is 1.55 bits per heavy atom. The smallest absolute Gasteiger partial charge is 0.0254 e. The van der Waals surface area contributed by atoms with Gasteiger partial charge in [0.15, 0.2) is 0 Å². The van der Waals surface area contributed by atoms with Crippen LogP contribution in [-0.4, -0.2) is 6.04 Å². The molecule has 1 heteroatoms. The van der Waals surface area contributed by atoms with Gasteiger partial charge in [-0.25, -0.2) is 0 Å². The Kier molecular flexibility index (Phi) is 1.26. The second-order valence-corrected chi connectivity index (χ2v) is 4.71. The Morgan fingerprint density at radius 2 is 2.18 bits per heavy atom. The van der Waals surface area contributed by atoms with E-state index in [9.17, 15) is 0 Å². The summed E-state index contributed by atoms with van der Waals surface area (Å²) in [7, 11) is 0. The summed E-state index contributed by atoms with van der Waals surface area (Å²) in [5.74, 6) is 1.71. The van der Waals surface area contributed by atoms with Crippen LogP contribution in [-0.2, 0) is 0 Å². The molecule has 0 aliphatic heterocycles. The van der Waals surface area contributed by atoms with Gasteiger partial charge in [-0.05, 0) is 30.6 Å². The molecule has 1 fully saturated rings. The van der Waals surface area contributed by atoms with E-state index in [4.69, 9.17) is 5.73 Å². The van der Waals surface area contributed by atoms with Gasteiger partial charge in [0, 0.05) is 6.04 Å². The zero-order valence-electron chi connectivity index (χ0n) is 7.59. The van der Waals surface area contributed by atoms with Crippen LogP contribution in [0.5, 0.6) is 0 Å². The summed E-state index contributed by atoms with van der Waals surface area (Å²) >= 11 is 0. The van der Waals surface area contributed by atoms with Crippen molar-refractivity contribution in [1.82, 2.24) is 0 Å². The first-order valence-electron chi connectivity index (χ1n) is 4.47. The van der Waals surface area contributed by atoms with Crippen molar-refractivity contribution in [3.8, 4) is 0 Å². The number of hydrogen-bond acceptors (Lipinski definition) is 1. The van der Waals surface area contributed by atoms with Gasteiger partial charge >= 0.3 is 0 Å². The van der Waals surface area contributed by atoms with Crippen LogP contribution in [0.3, 0.4) is 0 Å². The number of nitrogens with two attached hydrogens (primary N) is 1. The molecule has 2 aliphatic carbocycles. The van der Waals surface area contributed by atoms with Gasteiger partial charge in [-0.3, -0.25) is 0 Å². The minimum absolute atomic E-state index is 0.345. The highest BCUT2D eigenvalue weighted by Gasteiger charge is 2.57. The maximum absolute atomic E-state index is 5.95. The molecule has 0 amide bonds. The zero-order chi connectivity index (χ0) is 8.22. The summed E-state index contributed by atoms with van der Waals surface area (Å²) in [6.07, 6.45) is 3.60. The molecule has 3 atom stereocenters. The monoisotopic (exact) mass is 151 g/mol. The summed E-state index contributed by atoms with van der Waals surface area (Å²) in [6, 6.07) is 0.345. The third-order valence-corrected chi connectivity index (χ3v) is 3.67. The van der Waals surface area contributed by atoms with E-state index in [1.165, 1.54) is 12.0 Å². The fourth-order valence-corrected chi connectivity index (χ4v) is 2.43. The summed E-state index contributed by atoms with van der Waals surface area (Å²) < 4.78 is 0. The molecule has 0 aromatic rings. The second kappa shape index (κ2) is 1.89. The average molecular weight is 151 g/mol. The minimum Gasteiger partial charge on any atom is -0.324 e. The topological polar surface area (TPSA) is 26.0 Å². The van der Waals surface area contributed by atoms with Crippen LogP contribution >= 0.6 is 0 Å². The molecule has 0 aromatic heterocycles. The average Bonchev–Trinajstić information content (AvgIpc) is 2.39. The van der Waals surface area contributed by atoms with Crippen LogP contribution in [0.25, 0.3) is 0 Å². The fourth-order valence-electron chi connectivity index (χ4n) is 2.43. The zero-order valence-corrected chi connectivity index (χ0v) is 7.59. The lowest BCUT2D eigenvalue weighted by Crippen LogP contribution is -2.24. The number of fused-ring (bicyclic) bond motifs is 1. The first kappa shape index (κ1) is 7.35. The van der Waals surface area contributed by atoms with E-state index in [1.807, 2.05) is 0 Å². The normalized spacial score (nSPS) is 46.2. The highest BCUT2D eigenvalue weighted by molar-refractivity contribution is 5.26. The summed E-state index contributed by atoms with van der Waals surface area (Å²) in [5.41, 5.74) is 7.90.